The molecule has 0 bridgehead atoms. The summed E-state index contributed by atoms with van der Waals surface area (Å²) in [6.45, 7) is 0. The summed E-state index contributed by atoms with van der Waals surface area (Å²) in [6, 6.07) is 58.0. The summed E-state index contributed by atoms with van der Waals surface area (Å²) in [5.41, 5.74) is 12.2. The van der Waals surface area contributed by atoms with Gasteiger partial charge in [0.1, 0.15) is 23.2 Å². The number of furan rings is 1. The highest BCUT2D eigenvalue weighted by molar-refractivity contribution is 6.22. The highest BCUT2D eigenvalue weighted by Gasteiger charge is 2.27. The van der Waals surface area contributed by atoms with Crippen molar-refractivity contribution >= 4 is 55.2 Å². The third-order valence-corrected chi connectivity index (χ3v) is 10.5. The van der Waals surface area contributed by atoms with E-state index in [9.17, 15) is 0 Å². The fraction of sp³-hybridized carbons (Fsp3) is 0.0213. The van der Waals surface area contributed by atoms with E-state index in [1.54, 1.807) is 0 Å². The van der Waals surface area contributed by atoms with Crippen LogP contribution in [-0.2, 0) is 0 Å². The van der Waals surface area contributed by atoms with Crippen LogP contribution >= 0.6 is 0 Å². The second-order valence-electron chi connectivity index (χ2n) is 13.3. The van der Waals surface area contributed by atoms with Crippen LogP contribution in [-0.4, -0.2) is 11.7 Å². The first-order chi connectivity index (χ1) is 25.3. The van der Waals surface area contributed by atoms with E-state index < -0.39 is 6.17 Å². The van der Waals surface area contributed by atoms with Gasteiger partial charge in [-0.3, -0.25) is 0 Å². The number of aliphatic imine (C=N–C) groups is 2. The Morgan fingerprint density at radius 3 is 2.00 bits per heavy atom. The van der Waals surface area contributed by atoms with Gasteiger partial charge in [-0.25, -0.2) is 9.98 Å². The Hall–Kier alpha value is -6.78. The Labute approximate surface area is 294 Å². The molecule has 238 valence electrons. The minimum absolute atomic E-state index is 0.399. The molecule has 8 aromatic carbocycles. The van der Waals surface area contributed by atoms with Gasteiger partial charge in [-0.15, -0.1) is 0 Å². The van der Waals surface area contributed by atoms with Gasteiger partial charge in [0.25, 0.3) is 0 Å². The molecule has 0 saturated heterocycles. The first-order valence-electron chi connectivity index (χ1n) is 17.4. The van der Waals surface area contributed by atoms with Crippen LogP contribution in [0, 0.1) is 0 Å². The molecule has 0 saturated carbocycles. The smallest absolute Gasteiger partial charge is 0.160 e. The lowest BCUT2D eigenvalue weighted by atomic mass is 9.91. The first kappa shape index (κ1) is 28.1. The molecule has 1 unspecified atom stereocenters. The summed E-state index contributed by atoms with van der Waals surface area (Å²) in [5, 5.41) is 10.8. The molecule has 9 aromatic rings. The zero-order chi connectivity index (χ0) is 33.5. The maximum absolute atomic E-state index is 6.30. The number of benzene rings is 8. The number of nitrogens with zero attached hydrogens (tertiary/aromatic N) is 2. The highest BCUT2D eigenvalue weighted by Crippen LogP contribution is 2.49. The van der Waals surface area contributed by atoms with Crippen LogP contribution in [0.1, 0.15) is 22.9 Å². The van der Waals surface area contributed by atoms with Crippen molar-refractivity contribution in [2.75, 3.05) is 0 Å². The molecular formula is C47H29N3O. The van der Waals surface area contributed by atoms with Gasteiger partial charge >= 0.3 is 0 Å². The Balaban J connectivity index is 1.12. The molecule has 0 radical (unpaired) electrons. The van der Waals surface area contributed by atoms with Crippen LogP contribution < -0.4 is 5.32 Å². The quantitative estimate of drug-likeness (QED) is 0.206. The van der Waals surface area contributed by atoms with Gasteiger partial charge < -0.3 is 9.73 Å². The van der Waals surface area contributed by atoms with E-state index in [-0.39, 0.29) is 0 Å². The van der Waals surface area contributed by atoms with E-state index in [1.807, 2.05) is 24.3 Å². The minimum atomic E-state index is -0.399. The van der Waals surface area contributed by atoms with Crippen molar-refractivity contribution in [3.05, 3.63) is 180 Å². The third kappa shape index (κ3) is 4.26. The molecule has 1 N–H and O–H groups in total. The van der Waals surface area contributed by atoms with Gasteiger partial charge in [-0.2, -0.15) is 0 Å². The number of hydrogen-bond acceptors (Lipinski definition) is 4. The molecule has 0 fully saturated rings. The number of fused-ring (bicyclic) bond motifs is 7. The number of hydrogen-bond donors (Lipinski definition) is 1. The zero-order valence-electron chi connectivity index (χ0n) is 27.5. The van der Waals surface area contributed by atoms with Gasteiger partial charge in [-0.1, -0.05) is 146 Å². The van der Waals surface area contributed by atoms with E-state index in [0.29, 0.717) is 5.84 Å². The minimum Gasteiger partial charge on any atom is -0.456 e. The zero-order valence-corrected chi connectivity index (χ0v) is 27.5. The van der Waals surface area contributed by atoms with Crippen LogP contribution in [0.3, 0.4) is 0 Å². The Bertz CT molecular complexity index is 2940. The normalized spacial score (nSPS) is 14.9. The van der Waals surface area contributed by atoms with E-state index >= 15 is 0 Å². The Morgan fingerprint density at radius 2 is 1.10 bits per heavy atom. The van der Waals surface area contributed by atoms with Crippen molar-refractivity contribution in [1.82, 2.24) is 5.32 Å². The summed E-state index contributed by atoms with van der Waals surface area (Å²) in [7, 11) is 0. The van der Waals surface area contributed by atoms with Crippen LogP contribution in [0.2, 0.25) is 0 Å². The average molecular weight is 652 g/mol. The second-order valence-corrected chi connectivity index (χ2v) is 13.3. The monoisotopic (exact) mass is 651 g/mol. The molecule has 4 nitrogen and oxygen atoms in total. The van der Waals surface area contributed by atoms with Crippen LogP contribution in [0.25, 0.3) is 76.9 Å². The summed E-state index contributed by atoms with van der Waals surface area (Å²) >= 11 is 0. The van der Waals surface area contributed by atoms with E-state index in [1.165, 1.54) is 44.0 Å². The summed E-state index contributed by atoms with van der Waals surface area (Å²) in [4.78, 5) is 10.7. The average Bonchev–Trinajstić information content (AvgIpc) is 3.75. The fourth-order valence-corrected chi connectivity index (χ4v) is 8.20. The summed E-state index contributed by atoms with van der Waals surface area (Å²) in [6.07, 6.45) is -0.399. The van der Waals surface area contributed by atoms with E-state index in [4.69, 9.17) is 14.4 Å². The van der Waals surface area contributed by atoms with Gasteiger partial charge in [0.15, 0.2) is 5.84 Å². The van der Waals surface area contributed by atoms with Gasteiger partial charge in [0, 0.05) is 27.5 Å². The molecule has 2 heterocycles. The van der Waals surface area contributed by atoms with Crippen molar-refractivity contribution in [3.63, 3.8) is 0 Å². The number of amidine groups is 2. The summed E-state index contributed by atoms with van der Waals surface area (Å²) in [5.74, 6) is 1.45. The fourth-order valence-electron chi connectivity index (χ4n) is 8.20. The van der Waals surface area contributed by atoms with Crippen molar-refractivity contribution in [1.29, 1.82) is 0 Å². The van der Waals surface area contributed by atoms with Crippen LogP contribution in [0.15, 0.2) is 178 Å². The predicted octanol–water partition coefficient (Wildman–Crippen LogP) is 11.7. The molecule has 1 aliphatic carbocycles. The van der Waals surface area contributed by atoms with Gasteiger partial charge in [0.05, 0.1) is 0 Å². The molecule has 51 heavy (non-hydrogen) atoms. The number of para-hydroxylation sites is 1. The predicted molar refractivity (Wildman–Crippen MR) is 210 cm³/mol. The van der Waals surface area contributed by atoms with Crippen molar-refractivity contribution in [2.24, 2.45) is 9.98 Å². The Kier molecular flexibility index (Phi) is 5.98. The maximum Gasteiger partial charge on any atom is 0.160 e. The van der Waals surface area contributed by atoms with Crippen molar-refractivity contribution in [3.8, 4) is 33.4 Å². The van der Waals surface area contributed by atoms with Crippen LogP contribution in [0.5, 0.6) is 0 Å². The van der Waals surface area contributed by atoms with Crippen molar-refractivity contribution < 1.29 is 4.42 Å². The number of nitrogens with one attached hydrogen (secondary N) is 1. The maximum atomic E-state index is 6.30. The third-order valence-electron chi connectivity index (χ3n) is 10.5. The largest absolute Gasteiger partial charge is 0.456 e. The van der Waals surface area contributed by atoms with Gasteiger partial charge in [-0.05, 0) is 73.1 Å². The molecule has 11 rings (SSSR count). The standard InChI is InChI=1S/C47H29N3O/c1-2-12-29-27-30(24-23-28(29)11-1)45-48-46(50-47(49-45)40-20-10-22-42-44(40)39-17-7-8-21-41(39)51-42)38-16-6-5-15-33(38)34-25-26-37-32-14-4-3-13-31(32)35-18-9-19-36(34)43(35)37/h1-27,46H,(H,48,49,50). The van der Waals surface area contributed by atoms with Gasteiger partial charge in [0.2, 0.25) is 0 Å². The SMILES string of the molecule is c1ccc2c(c1)-c1cccc3c(-c4ccccc4C4N=C(c5cccc6oc7ccccc7c56)N=C(c5ccc6ccccc6c5)N4)ccc-2c13. The Morgan fingerprint density at radius 1 is 0.451 bits per heavy atom. The summed E-state index contributed by atoms with van der Waals surface area (Å²) < 4.78 is 6.30. The molecule has 0 amide bonds. The first-order valence-corrected chi connectivity index (χ1v) is 17.4. The second kappa shape index (κ2) is 10.9. The van der Waals surface area contributed by atoms with Crippen LogP contribution in [0.4, 0.5) is 0 Å². The molecular weight excluding hydrogens is 623 g/mol. The lowest BCUT2D eigenvalue weighted by molar-refractivity contribution is 0.668. The topological polar surface area (TPSA) is 49.9 Å². The van der Waals surface area contributed by atoms with E-state index in [2.05, 4.69) is 145 Å². The number of rotatable bonds is 4. The lowest BCUT2D eigenvalue weighted by Gasteiger charge is -2.26. The molecule has 2 aliphatic rings. The van der Waals surface area contributed by atoms with E-state index in [0.717, 1.165) is 55.4 Å². The molecule has 1 aliphatic heterocycles. The molecule has 0 spiro atoms. The lowest BCUT2D eigenvalue weighted by Crippen LogP contribution is -2.33. The highest BCUT2D eigenvalue weighted by atomic mass is 16.3. The van der Waals surface area contributed by atoms with Crippen molar-refractivity contribution in [2.45, 2.75) is 6.17 Å². The molecule has 1 atom stereocenters. The molecule has 1 aromatic heterocycles. The molecule has 4 heteroatoms.